The van der Waals surface area contributed by atoms with Crippen molar-refractivity contribution in [2.75, 3.05) is 11.5 Å². The lowest BCUT2D eigenvalue weighted by Crippen LogP contribution is -2.23. The van der Waals surface area contributed by atoms with Crippen molar-refractivity contribution in [1.29, 1.82) is 0 Å². The summed E-state index contributed by atoms with van der Waals surface area (Å²) in [5.74, 6) is 7.43. The van der Waals surface area contributed by atoms with Gasteiger partial charge in [0.15, 0.2) is 0 Å². The van der Waals surface area contributed by atoms with Gasteiger partial charge in [0.2, 0.25) is 0 Å². The molecule has 1 saturated heterocycles. The summed E-state index contributed by atoms with van der Waals surface area (Å²) in [6.07, 6.45) is 6.70. The Bertz CT molecular complexity index is 269. The maximum Gasteiger partial charge on any atom is 0.0283 e. The quantitative estimate of drug-likeness (QED) is 0.459. The van der Waals surface area contributed by atoms with Gasteiger partial charge in [0, 0.05) is 20.1 Å². The van der Waals surface area contributed by atoms with Gasteiger partial charge < -0.3 is 0 Å². The van der Waals surface area contributed by atoms with Crippen LogP contribution in [0.5, 0.6) is 0 Å². The summed E-state index contributed by atoms with van der Waals surface area (Å²) in [6.45, 7) is 0. The molecule has 0 spiro atoms. The molecule has 0 aromatic rings. The van der Waals surface area contributed by atoms with Crippen LogP contribution in [0.4, 0.5) is 0 Å². The van der Waals surface area contributed by atoms with E-state index >= 15 is 0 Å². The van der Waals surface area contributed by atoms with Crippen molar-refractivity contribution in [2.24, 2.45) is 11.8 Å². The lowest BCUT2D eigenvalue weighted by atomic mass is 9.79. The molecule has 1 saturated carbocycles. The normalized spacial score (nSPS) is 46.5. The maximum absolute atomic E-state index is 11.9. The highest BCUT2D eigenvalue weighted by Gasteiger charge is 2.29. The first kappa shape index (κ1) is 9.91. The Labute approximate surface area is 85.1 Å². The molecule has 2 rings (SSSR count). The van der Waals surface area contributed by atoms with Crippen LogP contribution < -0.4 is 0 Å². The van der Waals surface area contributed by atoms with E-state index in [9.17, 15) is 4.21 Å². The first-order valence-electron chi connectivity index (χ1n) is 5.17. The molecule has 2 aliphatic rings. The third-order valence-electron chi connectivity index (χ3n) is 3.32. The summed E-state index contributed by atoms with van der Waals surface area (Å²) in [6, 6.07) is 0. The minimum atomic E-state index is -1.77. The fourth-order valence-electron chi connectivity index (χ4n) is 2.61. The summed E-state index contributed by atoms with van der Waals surface area (Å²) < 4.78 is 11.9. The highest BCUT2D eigenvalue weighted by molar-refractivity contribution is 8.75. The van der Waals surface area contributed by atoms with Crippen molar-refractivity contribution in [3.05, 3.63) is 0 Å². The third-order valence-corrected chi connectivity index (χ3v) is 7.29. The number of rotatable bonds is 0. The zero-order valence-corrected chi connectivity index (χ0v) is 9.67. The van der Waals surface area contributed by atoms with Gasteiger partial charge in [0.1, 0.15) is 0 Å². The Morgan fingerprint density at radius 1 is 1.15 bits per heavy atom. The number of fused-ring (bicyclic) bond motifs is 1. The van der Waals surface area contributed by atoms with E-state index in [2.05, 4.69) is 5.87 Å². The molecule has 0 aromatic heterocycles. The molecule has 13 heavy (non-hydrogen) atoms. The van der Waals surface area contributed by atoms with Crippen LogP contribution in [-0.2, 0) is 8.55 Å². The van der Waals surface area contributed by atoms with Gasteiger partial charge >= 0.3 is 0 Å². The molecule has 1 aliphatic carbocycles. The van der Waals surface area contributed by atoms with Crippen LogP contribution in [0.1, 0.15) is 32.1 Å². The Hall–Kier alpha value is 0.370. The molecule has 0 amide bonds. The SMILES string of the molecule is C=S1(=O)CC2CCCCC2CCS1. The molecule has 3 heteroatoms. The van der Waals surface area contributed by atoms with E-state index < -0.39 is 8.55 Å². The van der Waals surface area contributed by atoms with Crippen LogP contribution in [0.15, 0.2) is 0 Å². The van der Waals surface area contributed by atoms with E-state index in [-0.39, 0.29) is 0 Å². The molecular weight excluding hydrogens is 200 g/mol. The van der Waals surface area contributed by atoms with Crippen LogP contribution in [0.3, 0.4) is 0 Å². The Morgan fingerprint density at radius 2 is 1.85 bits per heavy atom. The molecule has 0 bridgehead atoms. The first-order chi connectivity index (χ1) is 6.17. The fourth-order valence-corrected chi connectivity index (χ4v) is 6.51. The predicted molar refractivity (Wildman–Crippen MR) is 62.7 cm³/mol. The van der Waals surface area contributed by atoms with Gasteiger partial charge in [-0.1, -0.05) is 30.1 Å². The Morgan fingerprint density at radius 3 is 2.62 bits per heavy atom. The molecule has 0 aromatic carbocycles. The van der Waals surface area contributed by atoms with E-state index in [1.807, 2.05) is 0 Å². The summed E-state index contributed by atoms with van der Waals surface area (Å²) in [5, 5.41) is 0. The van der Waals surface area contributed by atoms with Crippen molar-refractivity contribution in [1.82, 2.24) is 0 Å². The molecule has 76 valence electrons. The average molecular weight is 218 g/mol. The molecule has 3 atom stereocenters. The van der Waals surface area contributed by atoms with Crippen molar-refractivity contribution >= 4 is 25.2 Å². The van der Waals surface area contributed by atoms with Gasteiger partial charge in [-0.15, -0.1) is 0 Å². The summed E-state index contributed by atoms with van der Waals surface area (Å²) in [7, 11) is -0.149. The molecule has 0 N–H and O–H groups in total. The largest absolute Gasteiger partial charge is 0.257 e. The smallest absolute Gasteiger partial charge is 0.0283 e. The van der Waals surface area contributed by atoms with E-state index in [4.69, 9.17) is 0 Å². The van der Waals surface area contributed by atoms with Gasteiger partial charge in [-0.3, -0.25) is 4.21 Å². The lowest BCUT2D eigenvalue weighted by Gasteiger charge is -2.29. The topological polar surface area (TPSA) is 17.1 Å². The van der Waals surface area contributed by atoms with E-state index in [1.165, 1.54) is 32.1 Å². The minimum absolute atomic E-state index is 0.730. The number of hydrogen-bond donors (Lipinski definition) is 0. The van der Waals surface area contributed by atoms with Gasteiger partial charge in [0.25, 0.3) is 0 Å². The van der Waals surface area contributed by atoms with Crippen molar-refractivity contribution < 1.29 is 4.21 Å². The van der Waals surface area contributed by atoms with Crippen molar-refractivity contribution in [3.63, 3.8) is 0 Å². The highest BCUT2D eigenvalue weighted by Crippen LogP contribution is 2.38. The fraction of sp³-hybridized carbons (Fsp3) is 0.900. The molecule has 1 heterocycles. The van der Waals surface area contributed by atoms with Crippen LogP contribution in [0, 0.1) is 11.8 Å². The third kappa shape index (κ3) is 2.44. The molecular formula is C10H18OS2. The van der Waals surface area contributed by atoms with Crippen molar-refractivity contribution in [3.8, 4) is 0 Å². The maximum atomic E-state index is 11.9. The second kappa shape index (κ2) is 3.85. The monoisotopic (exact) mass is 218 g/mol. The van der Waals surface area contributed by atoms with Crippen LogP contribution in [0.2, 0.25) is 0 Å². The zero-order valence-electron chi connectivity index (χ0n) is 8.04. The van der Waals surface area contributed by atoms with Gasteiger partial charge in [-0.25, -0.2) is 0 Å². The summed E-state index contributed by atoms with van der Waals surface area (Å²) in [5.41, 5.74) is 0. The Kier molecular flexibility index (Phi) is 2.94. The van der Waals surface area contributed by atoms with E-state index in [0.29, 0.717) is 0 Å². The van der Waals surface area contributed by atoms with Crippen LogP contribution in [-0.4, -0.2) is 21.6 Å². The van der Waals surface area contributed by atoms with Gasteiger partial charge in [-0.05, 0) is 30.5 Å². The lowest BCUT2D eigenvalue weighted by molar-refractivity contribution is 0.256. The second-order valence-electron chi connectivity index (χ2n) is 4.33. The molecule has 3 unspecified atom stereocenters. The van der Waals surface area contributed by atoms with E-state index in [1.54, 1.807) is 10.8 Å². The molecule has 0 radical (unpaired) electrons. The van der Waals surface area contributed by atoms with Gasteiger partial charge in [-0.2, -0.15) is 0 Å². The summed E-state index contributed by atoms with van der Waals surface area (Å²) >= 11 is 0. The Balaban J connectivity index is 2.11. The standard InChI is InChI=1S/C10H18OS2/c1-13(11)8-10-5-3-2-4-9(10)6-7-12-13/h9-10H,1-8H2. The summed E-state index contributed by atoms with van der Waals surface area (Å²) in [4.78, 5) is 0. The highest BCUT2D eigenvalue weighted by atomic mass is 33.1. The predicted octanol–water partition coefficient (Wildman–Crippen LogP) is 2.56. The zero-order chi connectivity index (χ0) is 9.31. The molecule has 1 aliphatic heterocycles. The average Bonchev–Trinajstić information content (AvgIpc) is 2.21. The van der Waals surface area contributed by atoms with Crippen LogP contribution in [0.25, 0.3) is 0 Å². The van der Waals surface area contributed by atoms with E-state index in [0.717, 1.165) is 23.3 Å². The number of hydrogen-bond acceptors (Lipinski definition) is 2. The molecule has 1 nitrogen and oxygen atoms in total. The van der Waals surface area contributed by atoms with Gasteiger partial charge in [0.05, 0.1) is 0 Å². The first-order valence-corrected chi connectivity index (χ1v) is 8.56. The van der Waals surface area contributed by atoms with Crippen LogP contribution >= 0.6 is 10.8 Å². The second-order valence-corrected chi connectivity index (χ2v) is 9.32. The van der Waals surface area contributed by atoms with Crippen molar-refractivity contribution in [2.45, 2.75) is 32.1 Å². The minimum Gasteiger partial charge on any atom is -0.257 e. The molecule has 2 fully saturated rings.